The van der Waals surface area contributed by atoms with Crippen LogP contribution >= 0.6 is 0 Å². The molecule has 132 valence electrons. The van der Waals surface area contributed by atoms with Crippen LogP contribution in [0.1, 0.15) is 27.9 Å². The van der Waals surface area contributed by atoms with Crippen molar-refractivity contribution in [3.05, 3.63) is 53.3 Å². The van der Waals surface area contributed by atoms with Gasteiger partial charge in [-0.15, -0.1) is 0 Å². The van der Waals surface area contributed by atoms with Crippen LogP contribution in [0.5, 0.6) is 0 Å². The number of carbonyl (C=O) groups is 2. The van der Waals surface area contributed by atoms with Gasteiger partial charge < -0.3 is 15.0 Å². The lowest BCUT2D eigenvalue weighted by molar-refractivity contribution is -0.121. The Labute approximate surface area is 146 Å². The number of nitrogens with zero attached hydrogens (tertiary/aromatic N) is 2. The van der Waals surface area contributed by atoms with Crippen LogP contribution in [0.15, 0.2) is 36.7 Å². The molecule has 0 aliphatic carbocycles. The van der Waals surface area contributed by atoms with E-state index in [1.807, 2.05) is 24.3 Å². The van der Waals surface area contributed by atoms with Crippen molar-refractivity contribution in [3.63, 3.8) is 0 Å². The second-order valence-electron chi connectivity index (χ2n) is 5.99. The van der Waals surface area contributed by atoms with Gasteiger partial charge in [0.2, 0.25) is 5.91 Å². The zero-order valence-electron chi connectivity index (χ0n) is 14.0. The molecular formula is C18H22N4O3. The lowest BCUT2D eigenvalue weighted by atomic mass is 10.1. The number of nitrogens with one attached hydrogen (secondary N) is 2. The number of aromatic nitrogens is 2. The van der Waals surface area contributed by atoms with E-state index in [1.54, 1.807) is 17.3 Å². The molecule has 2 N–H and O–H groups in total. The third-order valence-corrected chi connectivity index (χ3v) is 4.16. The average Bonchev–Trinajstić information content (AvgIpc) is 3.19. The SMILES string of the molecule is O=C(CCc1cn[nH]c1)NCc1cccc(C(=O)N2CCOCC2)c1. The number of hydrogen-bond acceptors (Lipinski definition) is 4. The van der Waals surface area contributed by atoms with E-state index in [-0.39, 0.29) is 11.8 Å². The number of rotatable bonds is 6. The highest BCUT2D eigenvalue weighted by Crippen LogP contribution is 2.10. The zero-order chi connectivity index (χ0) is 17.5. The molecule has 7 heteroatoms. The summed E-state index contributed by atoms with van der Waals surface area (Å²) in [6.45, 7) is 2.81. The third-order valence-electron chi connectivity index (χ3n) is 4.16. The van der Waals surface area contributed by atoms with Crippen LogP contribution in [0.25, 0.3) is 0 Å². The Morgan fingerprint density at radius 3 is 2.84 bits per heavy atom. The predicted molar refractivity (Wildman–Crippen MR) is 91.9 cm³/mol. The van der Waals surface area contributed by atoms with E-state index in [9.17, 15) is 9.59 Å². The van der Waals surface area contributed by atoms with Gasteiger partial charge in [0.05, 0.1) is 19.4 Å². The molecule has 1 aromatic carbocycles. The minimum absolute atomic E-state index is 0.0106. The van der Waals surface area contributed by atoms with E-state index in [0.29, 0.717) is 51.3 Å². The molecule has 2 amide bonds. The summed E-state index contributed by atoms with van der Waals surface area (Å²) in [7, 11) is 0. The van der Waals surface area contributed by atoms with Crippen molar-refractivity contribution >= 4 is 11.8 Å². The molecule has 0 atom stereocenters. The monoisotopic (exact) mass is 342 g/mol. The van der Waals surface area contributed by atoms with E-state index in [2.05, 4.69) is 15.5 Å². The van der Waals surface area contributed by atoms with Crippen LogP contribution < -0.4 is 5.32 Å². The van der Waals surface area contributed by atoms with Crippen molar-refractivity contribution in [3.8, 4) is 0 Å². The van der Waals surface area contributed by atoms with E-state index in [0.717, 1.165) is 11.1 Å². The van der Waals surface area contributed by atoms with Crippen LogP contribution in [0.4, 0.5) is 0 Å². The molecule has 1 aliphatic heterocycles. The van der Waals surface area contributed by atoms with Crippen LogP contribution in [0.3, 0.4) is 0 Å². The Morgan fingerprint density at radius 1 is 1.24 bits per heavy atom. The first-order valence-electron chi connectivity index (χ1n) is 8.43. The van der Waals surface area contributed by atoms with Gasteiger partial charge in [-0.3, -0.25) is 14.7 Å². The Balaban J connectivity index is 1.50. The van der Waals surface area contributed by atoms with Crippen LogP contribution in [-0.4, -0.2) is 53.2 Å². The standard InChI is InChI=1S/C18H22N4O3/c23-17(5-4-15-12-20-21-13-15)19-11-14-2-1-3-16(10-14)18(24)22-6-8-25-9-7-22/h1-3,10,12-13H,4-9,11H2,(H,19,23)(H,20,21). The molecular weight excluding hydrogens is 320 g/mol. The average molecular weight is 342 g/mol. The summed E-state index contributed by atoms with van der Waals surface area (Å²) >= 11 is 0. The summed E-state index contributed by atoms with van der Waals surface area (Å²) in [5, 5.41) is 9.48. The smallest absolute Gasteiger partial charge is 0.254 e. The Kier molecular flexibility index (Phi) is 5.79. The van der Waals surface area contributed by atoms with Crippen molar-refractivity contribution in [1.29, 1.82) is 0 Å². The number of H-pyrrole nitrogens is 1. The third kappa shape index (κ3) is 4.90. The molecule has 0 spiro atoms. The van der Waals surface area contributed by atoms with E-state index >= 15 is 0 Å². The molecule has 1 fully saturated rings. The first-order valence-corrected chi connectivity index (χ1v) is 8.43. The summed E-state index contributed by atoms with van der Waals surface area (Å²) < 4.78 is 5.28. The predicted octanol–water partition coefficient (Wildman–Crippen LogP) is 1.13. The minimum atomic E-state index is -0.0221. The first-order chi connectivity index (χ1) is 12.2. The maximum absolute atomic E-state index is 12.5. The summed E-state index contributed by atoms with van der Waals surface area (Å²) in [6.07, 6.45) is 4.56. The fourth-order valence-corrected chi connectivity index (χ4v) is 2.72. The highest BCUT2D eigenvalue weighted by Gasteiger charge is 2.18. The van der Waals surface area contributed by atoms with Crippen molar-refractivity contribution in [2.45, 2.75) is 19.4 Å². The molecule has 7 nitrogen and oxygen atoms in total. The summed E-state index contributed by atoms with van der Waals surface area (Å²) in [4.78, 5) is 26.2. The summed E-state index contributed by atoms with van der Waals surface area (Å²) in [5.74, 6) is -0.0115. The molecule has 2 aromatic rings. The maximum atomic E-state index is 12.5. The quantitative estimate of drug-likeness (QED) is 0.824. The number of aryl methyl sites for hydroxylation is 1. The Bertz CT molecular complexity index is 709. The van der Waals surface area contributed by atoms with Gasteiger partial charge >= 0.3 is 0 Å². The number of morpholine rings is 1. The van der Waals surface area contributed by atoms with Crippen LogP contribution in [0, 0.1) is 0 Å². The van der Waals surface area contributed by atoms with Crippen molar-refractivity contribution in [2.75, 3.05) is 26.3 Å². The van der Waals surface area contributed by atoms with Gasteiger partial charge in [0, 0.05) is 37.8 Å². The molecule has 0 saturated carbocycles. The lowest BCUT2D eigenvalue weighted by Crippen LogP contribution is -2.40. The second-order valence-corrected chi connectivity index (χ2v) is 5.99. The molecule has 0 unspecified atom stereocenters. The van der Waals surface area contributed by atoms with Gasteiger partial charge in [-0.25, -0.2) is 0 Å². The highest BCUT2D eigenvalue weighted by molar-refractivity contribution is 5.94. The number of aromatic amines is 1. The normalized spacial score (nSPS) is 14.3. The fraction of sp³-hybridized carbons (Fsp3) is 0.389. The van der Waals surface area contributed by atoms with Gasteiger partial charge in [0.1, 0.15) is 0 Å². The van der Waals surface area contributed by atoms with Crippen LogP contribution in [0.2, 0.25) is 0 Å². The van der Waals surface area contributed by atoms with Gasteiger partial charge in [-0.2, -0.15) is 5.10 Å². The van der Waals surface area contributed by atoms with Crippen LogP contribution in [-0.2, 0) is 22.5 Å². The van der Waals surface area contributed by atoms with Gasteiger partial charge in [-0.05, 0) is 29.7 Å². The van der Waals surface area contributed by atoms with Crippen molar-refractivity contribution < 1.29 is 14.3 Å². The summed E-state index contributed by atoms with van der Waals surface area (Å²) in [5.41, 5.74) is 2.57. The number of benzene rings is 1. The summed E-state index contributed by atoms with van der Waals surface area (Å²) in [6, 6.07) is 7.41. The molecule has 0 bridgehead atoms. The van der Waals surface area contributed by atoms with E-state index in [1.165, 1.54) is 0 Å². The lowest BCUT2D eigenvalue weighted by Gasteiger charge is -2.27. The van der Waals surface area contributed by atoms with Gasteiger partial charge in [-0.1, -0.05) is 12.1 Å². The molecule has 1 saturated heterocycles. The molecule has 25 heavy (non-hydrogen) atoms. The van der Waals surface area contributed by atoms with E-state index in [4.69, 9.17) is 4.74 Å². The number of amides is 2. The highest BCUT2D eigenvalue weighted by atomic mass is 16.5. The Hall–Kier alpha value is -2.67. The van der Waals surface area contributed by atoms with E-state index < -0.39 is 0 Å². The minimum Gasteiger partial charge on any atom is -0.378 e. The fourth-order valence-electron chi connectivity index (χ4n) is 2.72. The zero-order valence-corrected chi connectivity index (χ0v) is 14.0. The molecule has 0 radical (unpaired) electrons. The molecule has 1 aliphatic rings. The first kappa shape index (κ1) is 17.2. The number of hydrogen-bond donors (Lipinski definition) is 2. The molecule has 1 aromatic heterocycles. The number of ether oxygens (including phenoxy) is 1. The Morgan fingerprint density at radius 2 is 2.08 bits per heavy atom. The molecule has 2 heterocycles. The topological polar surface area (TPSA) is 87.3 Å². The second kappa shape index (κ2) is 8.43. The molecule has 3 rings (SSSR count). The van der Waals surface area contributed by atoms with Gasteiger partial charge in [0.15, 0.2) is 0 Å². The maximum Gasteiger partial charge on any atom is 0.254 e. The largest absolute Gasteiger partial charge is 0.378 e. The van der Waals surface area contributed by atoms with Crippen molar-refractivity contribution in [2.24, 2.45) is 0 Å². The number of carbonyl (C=O) groups excluding carboxylic acids is 2. The van der Waals surface area contributed by atoms with Crippen molar-refractivity contribution in [1.82, 2.24) is 20.4 Å². The van der Waals surface area contributed by atoms with Gasteiger partial charge in [0.25, 0.3) is 5.91 Å².